The molecule has 104 valence electrons. The highest BCUT2D eigenvalue weighted by Crippen LogP contribution is 2.28. The van der Waals surface area contributed by atoms with Crippen LogP contribution in [0.4, 0.5) is 5.69 Å². The predicted octanol–water partition coefficient (Wildman–Crippen LogP) is 3.51. The van der Waals surface area contributed by atoms with Crippen molar-refractivity contribution in [2.75, 3.05) is 6.61 Å². The van der Waals surface area contributed by atoms with E-state index in [-0.39, 0.29) is 5.69 Å². The molecular formula is C14H13BrN2O3. The molecule has 0 amide bonds. The topological polar surface area (TPSA) is 65.3 Å². The average molecular weight is 337 g/mol. The summed E-state index contributed by atoms with van der Waals surface area (Å²) in [7, 11) is 0. The SMILES string of the molecule is O=[N+]([O-])c1ccc(CBr)cc1OCCc1cccnc1. The number of halogens is 1. The molecule has 0 aliphatic rings. The summed E-state index contributed by atoms with van der Waals surface area (Å²) in [6.07, 6.45) is 4.12. The van der Waals surface area contributed by atoms with Crippen LogP contribution in [0.1, 0.15) is 11.1 Å². The first-order valence-corrected chi connectivity index (χ1v) is 7.18. The van der Waals surface area contributed by atoms with Gasteiger partial charge < -0.3 is 4.74 Å². The maximum atomic E-state index is 11.0. The minimum absolute atomic E-state index is 0.0131. The van der Waals surface area contributed by atoms with Gasteiger partial charge in [0.15, 0.2) is 5.75 Å². The lowest BCUT2D eigenvalue weighted by atomic mass is 10.2. The Kier molecular flexibility index (Phi) is 5.06. The van der Waals surface area contributed by atoms with E-state index in [0.717, 1.165) is 11.1 Å². The molecule has 1 heterocycles. The minimum atomic E-state index is -0.433. The van der Waals surface area contributed by atoms with Gasteiger partial charge in [0.05, 0.1) is 11.5 Å². The number of nitro benzene ring substituents is 1. The molecule has 0 bridgehead atoms. The van der Waals surface area contributed by atoms with Crippen LogP contribution in [0.3, 0.4) is 0 Å². The fourth-order valence-corrected chi connectivity index (χ4v) is 2.08. The number of pyridine rings is 1. The maximum absolute atomic E-state index is 11.0. The fraction of sp³-hybridized carbons (Fsp3) is 0.214. The molecule has 0 radical (unpaired) electrons. The van der Waals surface area contributed by atoms with E-state index >= 15 is 0 Å². The molecular weight excluding hydrogens is 324 g/mol. The first-order chi connectivity index (χ1) is 9.70. The number of hydrogen-bond donors (Lipinski definition) is 0. The standard InChI is InChI=1S/C14H13BrN2O3/c15-9-12-3-4-13(17(18)19)14(8-12)20-7-5-11-2-1-6-16-10-11/h1-4,6,8,10H,5,7,9H2. The number of benzene rings is 1. The zero-order chi connectivity index (χ0) is 14.4. The van der Waals surface area contributed by atoms with Gasteiger partial charge in [0, 0.05) is 30.2 Å². The van der Waals surface area contributed by atoms with Crippen molar-refractivity contribution in [3.05, 3.63) is 64.0 Å². The Morgan fingerprint density at radius 2 is 2.15 bits per heavy atom. The number of alkyl halides is 1. The number of rotatable bonds is 6. The smallest absolute Gasteiger partial charge is 0.310 e. The molecule has 1 aromatic heterocycles. The van der Waals surface area contributed by atoms with Crippen LogP contribution in [0, 0.1) is 10.1 Å². The zero-order valence-electron chi connectivity index (χ0n) is 10.7. The summed E-state index contributed by atoms with van der Waals surface area (Å²) in [5.74, 6) is 0.302. The van der Waals surface area contributed by atoms with E-state index in [2.05, 4.69) is 20.9 Å². The van der Waals surface area contributed by atoms with Gasteiger partial charge in [-0.2, -0.15) is 0 Å². The molecule has 0 N–H and O–H groups in total. The van der Waals surface area contributed by atoms with Crippen LogP contribution in [-0.4, -0.2) is 16.5 Å². The number of ether oxygens (including phenoxy) is 1. The van der Waals surface area contributed by atoms with Crippen LogP contribution < -0.4 is 4.74 Å². The normalized spacial score (nSPS) is 10.2. The molecule has 5 nitrogen and oxygen atoms in total. The monoisotopic (exact) mass is 336 g/mol. The third-order valence-electron chi connectivity index (χ3n) is 2.75. The van der Waals surface area contributed by atoms with Crippen LogP contribution in [0.2, 0.25) is 0 Å². The van der Waals surface area contributed by atoms with E-state index in [1.807, 2.05) is 12.1 Å². The third-order valence-corrected chi connectivity index (χ3v) is 3.39. The Morgan fingerprint density at radius 3 is 2.80 bits per heavy atom. The second-order valence-corrected chi connectivity index (χ2v) is 4.71. The molecule has 6 heteroatoms. The third kappa shape index (κ3) is 3.77. The van der Waals surface area contributed by atoms with E-state index in [4.69, 9.17) is 4.74 Å². The Bertz CT molecular complexity index is 590. The number of nitro groups is 1. The first-order valence-electron chi connectivity index (χ1n) is 6.05. The summed E-state index contributed by atoms with van der Waals surface area (Å²) in [4.78, 5) is 14.5. The van der Waals surface area contributed by atoms with Gasteiger partial charge >= 0.3 is 5.69 Å². The van der Waals surface area contributed by atoms with Crippen molar-refractivity contribution >= 4 is 21.6 Å². The quantitative estimate of drug-likeness (QED) is 0.460. The van der Waals surface area contributed by atoms with Crippen LogP contribution in [0.15, 0.2) is 42.7 Å². The molecule has 0 saturated heterocycles. The summed E-state index contributed by atoms with van der Waals surface area (Å²) in [5, 5.41) is 11.6. The number of aromatic nitrogens is 1. The van der Waals surface area contributed by atoms with Crippen molar-refractivity contribution in [3.63, 3.8) is 0 Å². The Morgan fingerprint density at radius 1 is 1.30 bits per heavy atom. The lowest BCUT2D eigenvalue weighted by Crippen LogP contribution is -2.04. The van der Waals surface area contributed by atoms with Crippen LogP contribution in [0.25, 0.3) is 0 Å². The van der Waals surface area contributed by atoms with Crippen LogP contribution in [0.5, 0.6) is 5.75 Å². The van der Waals surface area contributed by atoms with Gasteiger partial charge in [0.25, 0.3) is 0 Å². The van der Waals surface area contributed by atoms with Crippen molar-refractivity contribution < 1.29 is 9.66 Å². The number of nitrogens with zero attached hydrogens (tertiary/aromatic N) is 2. The van der Waals surface area contributed by atoms with Gasteiger partial charge in [0.1, 0.15) is 0 Å². The number of hydrogen-bond acceptors (Lipinski definition) is 4. The summed E-state index contributed by atoms with van der Waals surface area (Å²) < 4.78 is 5.55. The summed E-state index contributed by atoms with van der Waals surface area (Å²) in [5.41, 5.74) is 1.96. The fourth-order valence-electron chi connectivity index (χ4n) is 1.73. The summed E-state index contributed by atoms with van der Waals surface area (Å²) in [6.45, 7) is 0.373. The lowest BCUT2D eigenvalue weighted by molar-refractivity contribution is -0.385. The molecule has 1 aromatic carbocycles. The Hall–Kier alpha value is -1.95. The van der Waals surface area contributed by atoms with Gasteiger partial charge in [-0.25, -0.2) is 0 Å². The molecule has 0 saturated carbocycles. The largest absolute Gasteiger partial charge is 0.486 e. The van der Waals surface area contributed by atoms with Crippen molar-refractivity contribution in [3.8, 4) is 5.75 Å². The van der Waals surface area contributed by atoms with Gasteiger partial charge in [-0.1, -0.05) is 28.1 Å². The average Bonchev–Trinajstić information content (AvgIpc) is 2.48. The van der Waals surface area contributed by atoms with Gasteiger partial charge in [0.2, 0.25) is 0 Å². The van der Waals surface area contributed by atoms with Crippen molar-refractivity contribution in [1.82, 2.24) is 4.98 Å². The molecule has 20 heavy (non-hydrogen) atoms. The van der Waals surface area contributed by atoms with E-state index < -0.39 is 4.92 Å². The molecule has 2 rings (SSSR count). The molecule has 0 unspecified atom stereocenters. The molecule has 0 atom stereocenters. The van der Waals surface area contributed by atoms with Crippen LogP contribution in [-0.2, 0) is 11.8 Å². The van der Waals surface area contributed by atoms with Gasteiger partial charge in [-0.15, -0.1) is 0 Å². The highest BCUT2D eigenvalue weighted by Gasteiger charge is 2.15. The molecule has 0 aliphatic carbocycles. The molecule has 0 aliphatic heterocycles. The molecule has 2 aromatic rings. The minimum Gasteiger partial charge on any atom is -0.486 e. The van der Waals surface area contributed by atoms with Crippen molar-refractivity contribution in [1.29, 1.82) is 0 Å². The summed E-state index contributed by atoms with van der Waals surface area (Å²) in [6, 6.07) is 8.66. The maximum Gasteiger partial charge on any atom is 0.310 e. The van der Waals surface area contributed by atoms with Gasteiger partial charge in [-0.05, 0) is 23.3 Å². The lowest BCUT2D eigenvalue weighted by Gasteiger charge is -2.08. The second kappa shape index (κ2) is 7.00. The first kappa shape index (κ1) is 14.5. The van der Waals surface area contributed by atoms with Crippen molar-refractivity contribution in [2.24, 2.45) is 0 Å². The van der Waals surface area contributed by atoms with E-state index in [9.17, 15) is 10.1 Å². The molecule has 0 spiro atoms. The van der Waals surface area contributed by atoms with E-state index in [0.29, 0.717) is 24.1 Å². The second-order valence-electron chi connectivity index (χ2n) is 4.15. The summed E-state index contributed by atoms with van der Waals surface area (Å²) >= 11 is 3.32. The zero-order valence-corrected chi connectivity index (χ0v) is 12.2. The predicted molar refractivity (Wildman–Crippen MR) is 79.2 cm³/mol. The van der Waals surface area contributed by atoms with E-state index in [1.54, 1.807) is 24.5 Å². The van der Waals surface area contributed by atoms with Crippen molar-refractivity contribution in [2.45, 2.75) is 11.8 Å². The Labute approximate surface area is 124 Å². The molecule has 0 fully saturated rings. The Balaban J connectivity index is 2.06. The van der Waals surface area contributed by atoms with Crippen LogP contribution >= 0.6 is 15.9 Å². The highest BCUT2D eigenvalue weighted by molar-refractivity contribution is 9.08. The van der Waals surface area contributed by atoms with E-state index in [1.165, 1.54) is 6.07 Å². The highest BCUT2D eigenvalue weighted by atomic mass is 79.9. The van der Waals surface area contributed by atoms with Gasteiger partial charge in [-0.3, -0.25) is 15.1 Å².